The Morgan fingerprint density at radius 2 is 2.00 bits per heavy atom. The average Bonchev–Trinajstić information content (AvgIpc) is 2.72. The van der Waals surface area contributed by atoms with E-state index < -0.39 is 10.0 Å². The van der Waals surface area contributed by atoms with Gasteiger partial charge in [-0.1, -0.05) is 6.07 Å². The van der Waals surface area contributed by atoms with Crippen molar-refractivity contribution >= 4 is 15.8 Å². The van der Waals surface area contributed by atoms with Crippen molar-refractivity contribution in [1.82, 2.24) is 9.78 Å². The second-order valence-corrected chi connectivity index (χ2v) is 6.21. The van der Waals surface area contributed by atoms with Gasteiger partial charge in [-0.3, -0.25) is 9.40 Å². The van der Waals surface area contributed by atoms with Gasteiger partial charge in [0.1, 0.15) is 11.6 Å². The third-order valence-corrected chi connectivity index (χ3v) is 4.31. The van der Waals surface area contributed by atoms with Gasteiger partial charge in [0.15, 0.2) is 5.82 Å². The number of nitrogens with zero attached hydrogens (tertiary/aromatic N) is 3. The lowest BCUT2D eigenvalue weighted by Gasteiger charge is -2.08. The van der Waals surface area contributed by atoms with Crippen molar-refractivity contribution in [2.45, 2.75) is 18.7 Å². The van der Waals surface area contributed by atoms with E-state index >= 15 is 0 Å². The number of anilines is 1. The fraction of sp³-hybridized carbons (Fsp3) is 0.231. The number of hydrogen-bond acceptors (Lipinski definition) is 4. The van der Waals surface area contributed by atoms with Gasteiger partial charge < -0.3 is 0 Å². The van der Waals surface area contributed by atoms with E-state index in [1.165, 1.54) is 16.9 Å². The highest BCUT2D eigenvalue weighted by atomic mass is 32.2. The molecular formula is C13H14N4O2S. The van der Waals surface area contributed by atoms with Crippen molar-refractivity contribution in [2.75, 3.05) is 4.72 Å². The fourth-order valence-electron chi connectivity index (χ4n) is 1.71. The molecule has 0 aliphatic heterocycles. The summed E-state index contributed by atoms with van der Waals surface area (Å²) in [6.07, 6.45) is 1.46. The van der Waals surface area contributed by atoms with E-state index in [-0.39, 0.29) is 16.3 Å². The van der Waals surface area contributed by atoms with Crippen LogP contribution in [0.3, 0.4) is 0 Å². The first-order valence-electron chi connectivity index (χ1n) is 5.87. The third kappa shape index (κ3) is 2.65. The molecule has 0 spiro atoms. The summed E-state index contributed by atoms with van der Waals surface area (Å²) in [5, 5.41) is 12.9. The van der Waals surface area contributed by atoms with Crippen molar-refractivity contribution in [1.29, 1.82) is 5.26 Å². The molecule has 0 aliphatic carbocycles. The Balaban J connectivity index is 2.41. The standard InChI is InChI=1S/C13H14N4O2S/c1-9-4-5-12(6-10(9)2)20(18,19)16-13-11(7-14)8-17(3)15-13/h4-6,8H,1-3H3,(H,15,16). The number of nitriles is 1. The van der Waals surface area contributed by atoms with Crippen LogP contribution >= 0.6 is 0 Å². The normalized spacial score (nSPS) is 11.1. The zero-order valence-corrected chi connectivity index (χ0v) is 12.2. The first-order valence-corrected chi connectivity index (χ1v) is 7.35. The van der Waals surface area contributed by atoms with Crippen LogP contribution in [0.15, 0.2) is 29.3 Å². The summed E-state index contributed by atoms with van der Waals surface area (Å²) in [5.41, 5.74) is 2.08. The van der Waals surface area contributed by atoms with E-state index in [4.69, 9.17) is 5.26 Å². The molecule has 0 aliphatic rings. The van der Waals surface area contributed by atoms with Crippen LogP contribution in [-0.4, -0.2) is 18.2 Å². The molecule has 1 N–H and O–H groups in total. The van der Waals surface area contributed by atoms with Crippen molar-refractivity contribution < 1.29 is 8.42 Å². The Morgan fingerprint density at radius 3 is 2.60 bits per heavy atom. The average molecular weight is 290 g/mol. The van der Waals surface area contributed by atoms with Crippen LogP contribution < -0.4 is 4.72 Å². The summed E-state index contributed by atoms with van der Waals surface area (Å²) in [6.45, 7) is 3.75. The second-order valence-electron chi connectivity index (χ2n) is 4.53. The lowest BCUT2D eigenvalue weighted by atomic mass is 10.1. The number of sulfonamides is 1. The second kappa shape index (κ2) is 4.98. The first kappa shape index (κ1) is 14.1. The minimum absolute atomic E-state index is 0.0354. The Labute approximate surface area is 117 Å². The largest absolute Gasteiger partial charge is 0.272 e. The van der Waals surface area contributed by atoms with E-state index in [1.807, 2.05) is 19.9 Å². The molecule has 0 amide bonds. The molecular weight excluding hydrogens is 276 g/mol. The van der Waals surface area contributed by atoms with Gasteiger partial charge in [0.2, 0.25) is 0 Å². The summed E-state index contributed by atoms with van der Waals surface area (Å²) >= 11 is 0. The molecule has 2 aromatic rings. The minimum atomic E-state index is -3.75. The highest BCUT2D eigenvalue weighted by Crippen LogP contribution is 2.19. The van der Waals surface area contributed by atoms with Gasteiger partial charge in [-0.15, -0.1) is 0 Å². The molecule has 7 heteroatoms. The topological polar surface area (TPSA) is 87.8 Å². The quantitative estimate of drug-likeness (QED) is 0.932. The molecule has 6 nitrogen and oxygen atoms in total. The Morgan fingerprint density at radius 1 is 1.30 bits per heavy atom. The monoisotopic (exact) mass is 290 g/mol. The lowest BCUT2D eigenvalue weighted by Crippen LogP contribution is -2.14. The third-order valence-electron chi connectivity index (χ3n) is 2.97. The predicted octanol–water partition coefficient (Wildman–Crippen LogP) is 1.71. The van der Waals surface area contributed by atoms with Crippen molar-refractivity contribution in [3.63, 3.8) is 0 Å². The summed E-state index contributed by atoms with van der Waals surface area (Å²) in [5.74, 6) is 0.0354. The smallest absolute Gasteiger partial charge is 0.263 e. The number of aryl methyl sites for hydroxylation is 3. The summed E-state index contributed by atoms with van der Waals surface area (Å²) < 4.78 is 28.3. The molecule has 0 radical (unpaired) electrons. The van der Waals surface area contributed by atoms with Gasteiger partial charge in [-0.25, -0.2) is 8.42 Å². The van der Waals surface area contributed by atoms with Crippen molar-refractivity contribution in [2.24, 2.45) is 7.05 Å². The molecule has 104 valence electrons. The zero-order valence-electron chi connectivity index (χ0n) is 11.4. The van der Waals surface area contributed by atoms with E-state index in [0.717, 1.165) is 11.1 Å². The first-order chi connectivity index (χ1) is 9.33. The molecule has 2 rings (SSSR count). The number of nitrogens with one attached hydrogen (secondary N) is 1. The van der Waals surface area contributed by atoms with Gasteiger partial charge >= 0.3 is 0 Å². The summed E-state index contributed by atoms with van der Waals surface area (Å²) in [6, 6.07) is 6.76. The Hall–Kier alpha value is -2.33. The number of rotatable bonds is 3. The molecule has 1 aromatic carbocycles. The van der Waals surface area contributed by atoms with Gasteiger partial charge in [0.05, 0.1) is 4.90 Å². The van der Waals surface area contributed by atoms with Crippen LogP contribution in [0.1, 0.15) is 16.7 Å². The molecule has 20 heavy (non-hydrogen) atoms. The number of aromatic nitrogens is 2. The van der Waals surface area contributed by atoms with Crippen molar-refractivity contribution in [3.05, 3.63) is 41.1 Å². The summed E-state index contributed by atoms with van der Waals surface area (Å²) in [7, 11) is -2.13. The van der Waals surface area contributed by atoms with Gasteiger partial charge in [-0.2, -0.15) is 10.4 Å². The fourth-order valence-corrected chi connectivity index (χ4v) is 2.82. The molecule has 1 heterocycles. The molecule has 0 saturated carbocycles. The molecule has 0 fully saturated rings. The van der Waals surface area contributed by atoms with Crippen LogP contribution in [0, 0.1) is 25.2 Å². The van der Waals surface area contributed by atoms with Crippen molar-refractivity contribution in [3.8, 4) is 6.07 Å². The minimum Gasteiger partial charge on any atom is -0.272 e. The molecule has 0 bridgehead atoms. The predicted molar refractivity (Wildman–Crippen MR) is 74.6 cm³/mol. The lowest BCUT2D eigenvalue weighted by molar-refractivity contribution is 0.600. The van der Waals surface area contributed by atoms with E-state index in [0.29, 0.717) is 0 Å². The maximum atomic E-state index is 12.3. The van der Waals surface area contributed by atoms with Gasteiger partial charge in [0, 0.05) is 13.2 Å². The molecule has 1 aromatic heterocycles. The van der Waals surface area contributed by atoms with E-state index in [1.54, 1.807) is 19.2 Å². The number of hydrogen-bond donors (Lipinski definition) is 1. The van der Waals surface area contributed by atoms with Crippen LogP contribution in [-0.2, 0) is 17.1 Å². The van der Waals surface area contributed by atoms with Crippen LogP contribution in [0.2, 0.25) is 0 Å². The zero-order chi connectivity index (χ0) is 14.9. The summed E-state index contributed by atoms with van der Waals surface area (Å²) in [4.78, 5) is 0.148. The maximum Gasteiger partial charge on any atom is 0.263 e. The van der Waals surface area contributed by atoms with E-state index in [9.17, 15) is 8.42 Å². The van der Waals surface area contributed by atoms with Gasteiger partial charge in [-0.05, 0) is 37.1 Å². The molecule has 0 atom stereocenters. The maximum absolute atomic E-state index is 12.3. The van der Waals surface area contributed by atoms with Gasteiger partial charge in [0.25, 0.3) is 10.0 Å². The highest BCUT2D eigenvalue weighted by Gasteiger charge is 2.18. The van der Waals surface area contributed by atoms with E-state index in [2.05, 4.69) is 9.82 Å². The van der Waals surface area contributed by atoms with Crippen LogP contribution in [0.4, 0.5) is 5.82 Å². The Bertz CT molecular complexity index is 800. The SMILES string of the molecule is Cc1ccc(S(=O)(=O)Nc2nn(C)cc2C#N)cc1C. The van der Waals surface area contributed by atoms with Crippen LogP contribution in [0.25, 0.3) is 0 Å². The highest BCUT2D eigenvalue weighted by molar-refractivity contribution is 7.92. The number of benzene rings is 1. The Kier molecular flexibility index (Phi) is 3.51. The van der Waals surface area contributed by atoms with Crippen LogP contribution in [0.5, 0.6) is 0 Å². The molecule has 0 saturated heterocycles. The molecule has 0 unspecified atom stereocenters.